The highest BCUT2D eigenvalue weighted by molar-refractivity contribution is 6.14. The smallest absolute Gasteiger partial charge is 0.133 e. The van der Waals surface area contributed by atoms with E-state index in [1.54, 1.807) is 18.2 Å². The lowest BCUT2D eigenvalue weighted by atomic mass is 9.99. The summed E-state index contributed by atoms with van der Waals surface area (Å²) in [6.07, 6.45) is 5.15. The molecule has 0 saturated carbocycles. The summed E-state index contributed by atoms with van der Waals surface area (Å²) in [5.74, 6) is -0.964. The Bertz CT molecular complexity index is 837. The van der Waals surface area contributed by atoms with Crippen molar-refractivity contribution in [2.75, 3.05) is 5.73 Å². The molecule has 2 aromatic carbocycles. The maximum absolute atomic E-state index is 14.0. The lowest BCUT2D eigenvalue weighted by molar-refractivity contribution is 0.625. The number of benzene rings is 2. The van der Waals surface area contributed by atoms with Crippen LogP contribution in [0, 0.1) is 22.5 Å². The van der Waals surface area contributed by atoms with E-state index in [1.165, 1.54) is 24.3 Å². The van der Waals surface area contributed by atoms with Crippen molar-refractivity contribution < 1.29 is 8.78 Å². The highest BCUT2D eigenvalue weighted by Gasteiger charge is 2.12. The molecular weight excluding hydrogens is 310 g/mol. The Labute approximate surface area is 138 Å². The van der Waals surface area contributed by atoms with Crippen LogP contribution < -0.4 is 11.5 Å². The van der Waals surface area contributed by atoms with Crippen LogP contribution in [0.5, 0.6) is 0 Å². The van der Waals surface area contributed by atoms with Gasteiger partial charge in [-0.15, -0.1) is 0 Å². The number of allylic oxidation sites excluding steroid dienone is 2. The number of nitrogen functional groups attached to an aromatic ring is 1. The first-order valence-corrected chi connectivity index (χ1v) is 7.00. The molecule has 0 aliphatic rings. The molecule has 2 aromatic rings. The quantitative estimate of drug-likeness (QED) is 0.499. The van der Waals surface area contributed by atoms with Crippen LogP contribution in [0.15, 0.2) is 48.7 Å². The van der Waals surface area contributed by atoms with Crippen LogP contribution >= 0.6 is 0 Å². The van der Waals surface area contributed by atoms with E-state index in [1.807, 2.05) is 0 Å². The first-order valence-electron chi connectivity index (χ1n) is 7.00. The van der Waals surface area contributed by atoms with Gasteiger partial charge in [-0.3, -0.25) is 0 Å². The van der Waals surface area contributed by atoms with Gasteiger partial charge in [0.1, 0.15) is 11.6 Å². The molecule has 2 rings (SSSR count). The van der Waals surface area contributed by atoms with Gasteiger partial charge in [-0.1, -0.05) is 18.2 Å². The molecule has 6 heteroatoms. The molecule has 0 unspecified atom stereocenters. The van der Waals surface area contributed by atoms with Crippen molar-refractivity contribution >= 4 is 29.3 Å². The van der Waals surface area contributed by atoms with Gasteiger partial charge >= 0.3 is 0 Å². The second kappa shape index (κ2) is 7.32. The van der Waals surface area contributed by atoms with Crippen molar-refractivity contribution in [3.8, 4) is 0 Å². The van der Waals surface area contributed by atoms with Gasteiger partial charge < -0.3 is 22.3 Å². The Hall–Kier alpha value is -3.28. The molecule has 0 bridgehead atoms. The molecule has 122 valence electrons. The summed E-state index contributed by atoms with van der Waals surface area (Å²) in [5.41, 5.74) is 12.6. The maximum Gasteiger partial charge on any atom is 0.133 e. The standard InChI is InChI=1S/C18H16F2N4/c19-13-4-1-11(2-5-13)3-6-17(23)15-7-14(12(9-21)10-22)16(20)8-18(15)24/h1-10,21,23H,22,24H2/b6-3+,12-10+,21-9?,23-17?. The van der Waals surface area contributed by atoms with E-state index in [4.69, 9.17) is 22.3 Å². The molecule has 0 radical (unpaired) electrons. The molecule has 0 aliphatic carbocycles. The molecule has 0 aliphatic heterocycles. The molecule has 6 N–H and O–H groups in total. The number of hydrogen-bond acceptors (Lipinski definition) is 4. The highest BCUT2D eigenvalue weighted by atomic mass is 19.1. The SMILES string of the molecule is N=C/C(=C\N)c1cc(C(=N)/C=C/c2ccc(F)cc2)c(N)cc1F. The number of halogens is 2. The molecule has 24 heavy (non-hydrogen) atoms. The minimum absolute atomic E-state index is 0.0550. The fourth-order valence-electron chi connectivity index (χ4n) is 2.10. The van der Waals surface area contributed by atoms with E-state index in [-0.39, 0.29) is 28.4 Å². The van der Waals surface area contributed by atoms with E-state index < -0.39 is 5.82 Å². The van der Waals surface area contributed by atoms with Gasteiger partial charge in [0.25, 0.3) is 0 Å². The van der Waals surface area contributed by atoms with Crippen LogP contribution in [0.25, 0.3) is 11.6 Å². The minimum Gasteiger partial charge on any atom is -0.404 e. The molecule has 0 heterocycles. The van der Waals surface area contributed by atoms with Crippen LogP contribution in [0.3, 0.4) is 0 Å². The van der Waals surface area contributed by atoms with Crippen molar-refractivity contribution in [2.45, 2.75) is 0 Å². The van der Waals surface area contributed by atoms with E-state index in [2.05, 4.69) is 0 Å². The topological polar surface area (TPSA) is 99.7 Å². The fraction of sp³-hybridized carbons (Fsp3) is 0. The second-order valence-electron chi connectivity index (χ2n) is 4.98. The highest BCUT2D eigenvalue weighted by Crippen LogP contribution is 2.24. The molecule has 0 spiro atoms. The van der Waals surface area contributed by atoms with Crippen LogP contribution in [0.4, 0.5) is 14.5 Å². The van der Waals surface area contributed by atoms with Gasteiger partial charge in [0, 0.05) is 34.8 Å². The van der Waals surface area contributed by atoms with Crippen molar-refractivity contribution in [1.82, 2.24) is 0 Å². The van der Waals surface area contributed by atoms with Crippen LogP contribution in [0.2, 0.25) is 0 Å². The van der Waals surface area contributed by atoms with Gasteiger partial charge in [0.05, 0.1) is 5.71 Å². The zero-order valence-corrected chi connectivity index (χ0v) is 12.7. The molecule has 0 fully saturated rings. The predicted octanol–water partition coefficient (Wildman–Crippen LogP) is 3.58. The Kier molecular flexibility index (Phi) is 5.21. The molecular formula is C18H16F2N4. The third-order valence-electron chi connectivity index (χ3n) is 3.39. The van der Waals surface area contributed by atoms with Crippen molar-refractivity contribution in [1.29, 1.82) is 10.8 Å². The molecule has 4 nitrogen and oxygen atoms in total. The lowest BCUT2D eigenvalue weighted by Gasteiger charge is -2.10. The first kappa shape index (κ1) is 17.1. The second-order valence-corrected chi connectivity index (χ2v) is 4.98. The number of nitrogens with one attached hydrogen (secondary N) is 2. The summed E-state index contributed by atoms with van der Waals surface area (Å²) in [6, 6.07) is 8.25. The summed E-state index contributed by atoms with van der Waals surface area (Å²) in [4.78, 5) is 0. The summed E-state index contributed by atoms with van der Waals surface area (Å²) in [7, 11) is 0. The third-order valence-corrected chi connectivity index (χ3v) is 3.39. The maximum atomic E-state index is 14.0. The van der Waals surface area contributed by atoms with Crippen LogP contribution in [-0.4, -0.2) is 11.9 Å². The summed E-state index contributed by atoms with van der Waals surface area (Å²) in [5, 5.41) is 15.4. The van der Waals surface area contributed by atoms with Gasteiger partial charge in [-0.05, 0) is 35.9 Å². The van der Waals surface area contributed by atoms with Gasteiger partial charge in [0.2, 0.25) is 0 Å². The largest absolute Gasteiger partial charge is 0.404 e. The summed E-state index contributed by atoms with van der Waals surface area (Å²) >= 11 is 0. The zero-order chi connectivity index (χ0) is 17.7. The number of hydrogen-bond donors (Lipinski definition) is 4. The molecule has 0 saturated heterocycles. The van der Waals surface area contributed by atoms with E-state index in [9.17, 15) is 8.78 Å². The fourth-order valence-corrected chi connectivity index (χ4v) is 2.10. The van der Waals surface area contributed by atoms with E-state index >= 15 is 0 Å². The number of anilines is 1. The number of nitrogens with two attached hydrogens (primary N) is 2. The average Bonchev–Trinajstić information content (AvgIpc) is 2.57. The Morgan fingerprint density at radius 3 is 2.29 bits per heavy atom. The lowest BCUT2D eigenvalue weighted by Crippen LogP contribution is -2.05. The van der Waals surface area contributed by atoms with E-state index in [0.717, 1.165) is 18.5 Å². The Morgan fingerprint density at radius 2 is 1.71 bits per heavy atom. The summed E-state index contributed by atoms with van der Waals surface area (Å²) < 4.78 is 26.9. The average molecular weight is 326 g/mol. The van der Waals surface area contributed by atoms with Crippen molar-refractivity contribution in [3.63, 3.8) is 0 Å². The van der Waals surface area contributed by atoms with Crippen LogP contribution in [-0.2, 0) is 0 Å². The molecule has 0 aromatic heterocycles. The monoisotopic (exact) mass is 326 g/mol. The van der Waals surface area contributed by atoms with Gasteiger partial charge in [-0.25, -0.2) is 8.78 Å². The van der Waals surface area contributed by atoms with Gasteiger partial charge in [-0.2, -0.15) is 0 Å². The molecule has 0 amide bonds. The predicted molar refractivity (Wildman–Crippen MR) is 94.0 cm³/mol. The first-order chi connectivity index (χ1) is 11.5. The summed E-state index contributed by atoms with van der Waals surface area (Å²) in [6.45, 7) is 0. The molecule has 0 atom stereocenters. The minimum atomic E-state index is -0.619. The zero-order valence-electron chi connectivity index (χ0n) is 12.7. The normalized spacial score (nSPS) is 11.7. The van der Waals surface area contributed by atoms with E-state index in [0.29, 0.717) is 11.1 Å². The number of rotatable bonds is 5. The Morgan fingerprint density at radius 1 is 1.04 bits per heavy atom. The third kappa shape index (κ3) is 3.73. The van der Waals surface area contributed by atoms with Crippen molar-refractivity contribution in [2.24, 2.45) is 5.73 Å². The van der Waals surface area contributed by atoms with Crippen LogP contribution in [0.1, 0.15) is 16.7 Å². The Balaban J connectivity index is 2.36. The van der Waals surface area contributed by atoms with Crippen molar-refractivity contribution in [3.05, 3.63) is 77.0 Å². The van der Waals surface area contributed by atoms with Gasteiger partial charge in [0.15, 0.2) is 0 Å².